The maximum Gasteiger partial charge on any atom is 0.275 e. The van der Waals surface area contributed by atoms with Crippen LogP contribution in [0, 0.1) is 17.5 Å². The van der Waals surface area contributed by atoms with E-state index in [1.54, 1.807) is 32.2 Å². The lowest BCUT2D eigenvalue weighted by molar-refractivity contribution is 0.407. The van der Waals surface area contributed by atoms with Crippen molar-refractivity contribution in [3.8, 4) is 11.4 Å². The number of halogens is 3. The fraction of sp³-hybridized carbons (Fsp3) is 0.111. The van der Waals surface area contributed by atoms with Crippen LogP contribution in [0.3, 0.4) is 0 Å². The number of nitrogens with two attached hydrogens (primary N) is 1. The van der Waals surface area contributed by atoms with E-state index in [1.165, 1.54) is 11.0 Å². The normalized spacial score (nSPS) is 12.0. The predicted octanol–water partition coefficient (Wildman–Crippen LogP) is 3.94. The van der Waals surface area contributed by atoms with Crippen LogP contribution in [0.5, 0.6) is 0 Å². The summed E-state index contributed by atoms with van der Waals surface area (Å²) in [6, 6.07) is 9.10. The quantitative estimate of drug-likeness (QED) is 0.763. The van der Waals surface area contributed by atoms with Gasteiger partial charge in [0.2, 0.25) is 5.82 Å². The average molecular weight is 360 g/mol. The topological polar surface area (TPSA) is 68.2 Å². The minimum atomic E-state index is -0.693. The van der Waals surface area contributed by atoms with Crippen LogP contribution >= 0.6 is 0 Å². The number of anilines is 1. The summed E-state index contributed by atoms with van der Waals surface area (Å²) in [6.07, 6.45) is 0. The first-order chi connectivity index (χ1) is 12.4. The minimum absolute atomic E-state index is 0.0793. The van der Waals surface area contributed by atoms with Gasteiger partial charge < -0.3 is 15.2 Å². The molecular weight excluding hydrogens is 345 g/mol. The zero-order valence-corrected chi connectivity index (χ0v) is 14.0. The number of allylic oxidation sites excluding steroid dienone is 1. The number of rotatable bonds is 4. The van der Waals surface area contributed by atoms with Gasteiger partial charge in [-0.2, -0.15) is 4.98 Å². The number of hydrogen-bond acceptors (Lipinski definition) is 5. The van der Waals surface area contributed by atoms with Gasteiger partial charge in [-0.1, -0.05) is 17.3 Å². The second kappa shape index (κ2) is 6.91. The van der Waals surface area contributed by atoms with Crippen LogP contribution in [0.25, 0.3) is 17.1 Å². The van der Waals surface area contributed by atoms with Gasteiger partial charge in [0.15, 0.2) is 0 Å². The largest absolute Gasteiger partial charge is 0.393 e. The number of benzene rings is 2. The first-order valence-corrected chi connectivity index (χ1v) is 7.62. The highest BCUT2D eigenvalue weighted by Crippen LogP contribution is 2.26. The van der Waals surface area contributed by atoms with E-state index >= 15 is 0 Å². The predicted molar refractivity (Wildman–Crippen MR) is 91.2 cm³/mol. The molecule has 0 saturated carbocycles. The zero-order chi connectivity index (χ0) is 18.8. The number of aromatic nitrogens is 2. The fourth-order valence-electron chi connectivity index (χ4n) is 2.35. The molecule has 0 amide bonds. The van der Waals surface area contributed by atoms with Crippen molar-refractivity contribution < 1.29 is 17.7 Å². The third kappa shape index (κ3) is 3.26. The molecule has 2 aromatic carbocycles. The van der Waals surface area contributed by atoms with Crippen LogP contribution in [-0.2, 0) is 0 Å². The molecule has 0 bridgehead atoms. The van der Waals surface area contributed by atoms with Crippen LogP contribution in [0.1, 0.15) is 12.8 Å². The first kappa shape index (κ1) is 17.5. The molecule has 0 atom stereocenters. The van der Waals surface area contributed by atoms with Crippen molar-refractivity contribution in [3.05, 3.63) is 71.5 Å². The van der Waals surface area contributed by atoms with E-state index in [0.29, 0.717) is 11.4 Å². The van der Waals surface area contributed by atoms with Crippen LogP contribution in [0.4, 0.5) is 18.9 Å². The Kier molecular flexibility index (Phi) is 4.66. The molecule has 3 aromatic rings. The van der Waals surface area contributed by atoms with E-state index in [4.69, 9.17) is 10.3 Å². The molecule has 1 heterocycles. The first-order valence-electron chi connectivity index (χ1n) is 7.62. The van der Waals surface area contributed by atoms with E-state index in [-0.39, 0.29) is 23.0 Å². The molecule has 0 aliphatic heterocycles. The molecule has 0 aliphatic carbocycles. The molecule has 2 N–H and O–H groups in total. The summed E-state index contributed by atoms with van der Waals surface area (Å²) >= 11 is 0. The second-order valence-electron chi connectivity index (χ2n) is 5.56. The lowest BCUT2D eigenvalue weighted by Gasteiger charge is -2.21. The zero-order valence-electron chi connectivity index (χ0n) is 14.0. The molecule has 26 heavy (non-hydrogen) atoms. The molecule has 0 radical (unpaired) electrons. The van der Waals surface area contributed by atoms with E-state index in [9.17, 15) is 13.2 Å². The van der Waals surface area contributed by atoms with Gasteiger partial charge in [0, 0.05) is 12.7 Å². The molecule has 0 unspecified atom stereocenters. The summed E-state index contributed by atoms with van der Waals surface area (Å²) in [7, 11) is 1.63. The van der Waals surface area contributed by atoms with Crippen molar-refractivity contribution in [2.45, 2.75) is 6.92 Å². The lowest BCUT2D eigenvalue weighted by atomic mass is 10.2. The van der Waals surface area contributed by atoms with Gasteiger partial charge in [-0.15, -0.1) is 0 Å². The Bertz CT molecular complexity index is 984. The van der Waals surface area contributed by atoms with Crippen molar-refractivity contribution >= 4 is 11.4 Å². The van der Waals surface area contributed by atoms with Crippen molar-refractivity contribution in [1.82, 2.24) is 10.1 Å². The van der Waals surface area contributed by atoms with Gasteiger partial charge in [0.25, 0.3) is 5.89 Å². The molecule has 1 aromatic heterocycles. The van der Waals surface area contributed by atoms with Crippen molar-refractivity contribution in [3.63, 3.8) is 0 Å². The SMILES string of the molecule is C/C(=C(/N)c1nc(-c2cc(F)ccc2F)no1)N(C)c1ccccc1F. The Morgan fingerprint density at radius 1 is 1.08 bits per heavy atom. The molecular formula is C18H15F3N4O. The third-order valence-corrected chi connectivity index (χ3v) is 3.93. The Hall–Kier alpha value is -3.29. The fourth-order valence-corrected chi connectivity index (χ4v) is 2.35. The summed E-state index contributed by atoms with van der Waals surface area (Å²) < 4.78 is 46.2. The van der Waals surface area contributed by atoms with Gasteiger partial charge in [-0.25, -0.2) is 13.2 Å². The summed E-state index contributed by atoms with van der Waals surface area (Å²) in [5, 5.41) is 3.64. The molecule has 3 rings (SSSR count). The Balaban J connectivity index is 1.96. The number of hydrogen-bond donors (Lipinski definition) is 1. The van der Waals surface area contributed by atoms with Gasteiger partial charge in [0.1, 0.15) is 23.1 Å². The molecule has 5 nitrogen and oxygen atoms in total. The molecule has 0 saturated heterocycles. The number of nitrogens with zero attached hydrogens (tertiary/aromatic N) is 3. The highest BCUT2D eigenvalue weighted by molar-refractivity contribution is 5.67. The van der Waals surface area contributed by atoms with E-state index in [1.807, 2.05) is 0 Å². The monoisotopic (exact) mass is 360 g/mol. The highest BCUT2D eigenvalue weighted by Gasteiger charge is 2.18. The third-order valence-electron chi connectivity index (χ3n) is 3.93. The summed E-state index contributed by atoms with van der Waals surface area (Å²) in [5.41, 5.74) is 6.74. The standard InChI is InChI=1S/C18H15F3N4O/c1-10(25(2)15-6-4-3-5-14(15)21)16(22)18-23-17(24-26-18)12-9-11(19)7-8-13(12)20/h3-9H,22H2,1-2H3/b16-10-. The molecule has 0 fully saturated rings. The average Bonchev–Trinajstić information content (AvgIpc) is 3.12. The highest BCUT2D eigenvalue weighted by atomic mass is 19.1. The van der Waals surface area contributed by atoms with E-state index in [2.05, 4.69) is 10.1 Å². The van der Waals surface area contributed by atoms with Crippen molar-refractivity contribution in [1.29, 1.82) is 0 Å². The summed E-state index contributed by atoms with van der Waals surface area (Å²) in [5.74, 6) is -1.96. The van der Waals surface area contributed by atoms with E-state index < -0.39 is 17.5 Å². The number of para-hydroxylation sites is 1. The van der Waals surface area contributed by atoms with Crippen molar-refractivity contribution in [2.75, 3.05) is 11.9 Å². The smallest absolute Gasteiger partial charge is 0.275 e. The van der Waals surface area contributed by atoms with Gasteiger partial charge in [-0.05, 0) is 37.3 Å². The van der Waals surface area contributed by atoms with Crippen LogP contribution in [-0.4, -0.2) is 17.2 Å². The molecule has 134 valence electrons. The van der Waals surface area contributed by atoms with Crippen LogP contribution < -0.4 is 10.6 Å². The van der Waals surface area contributed by atoms with Gasteiger partial charge >= 0.3 is 0 Å². The molecule has 8 heteroatoms. The van der Waals surface area contributed by atoms with Gasteiger partial charge in [0.05, 0.1) is 11.3 Å². The van der Waals surface area contributed by atoms with E-state index in [0.717, 1.165) is 18.2 Å². The second-order valence-corrected chi connectivity index (χ2v) is 5.56. The van der Waals surface area contributed by atoms with Crippen LogP contribution in [0.15, 0.2) is 52.7 Å². The minimum Gasteiger partial charge on any atom is -0.393 e. The van der Waals surface area contributed by atoms with Gasteiger partial charge in [-0.3, -0.25) is 0 Å². The summed E-state index contributed by atoms with van der Waals surface area (Å²) in [4.78, 5) is 5.54. The Morgan fingerprint density at radius 2 is 1.81 bits per heavy atom. The van der Waals surface area contributed by atoms with Crippen molar-refractivity contribution in [2.24, 2.45) is 5.73 Å². The summed E-state index contributed by atoms with van der Waals surface area (Å²) in [6.45, 7) is 1.65. The Morgan fingerprint density at radius 3 is 2.54 bits per heavy atom. The molecule has 0 aliphatic rings. The maximum atomic E-state index is 13.9. The lowest BCUT2D eigenvalue weighted by Crippen LogP contribution is -2.19. The maximum absolute atomic E-state index is 13.9. The van der Waals surface area contributed by atoms with Crippen LogP contribution in [0.2, 0.25) is 0 Å². The molecule has 0 spiro atoms. The Labute approximate surface area is 147 Å².